The number of carbonyl (C=O) groups is 1. The molecule has 0 aromatic heterocycles. The maximum absolute atomic E-state index is 10.7. The Hall–Kier alpha value is -1.51. The molecule has 13 heavy (non-hydrogen) atoms. The molecule has 1 N–H and O–H groups in total. The van der Waals surface area contributed by atoms with Crippen molar-refractivity contribution in [2.75, 3.05) is 19.0 Å². The van der Waals surface area contributed by atoms with Crippen molar-refractivity contribution in [3.63, 3.8) is 0 Å². The van der Waals surface area contributed by atoms with Crippen molar-refractivity contribution in [3.05, 3.63) is 23.3 Å². The van der Waals surface area contributed by atoms with Crippen molar-refractivity contribution in [1.82, 2.24) is 0 Å². The minimum atomic E-state index is 0.687. The predicted molar refractivity (Wildman–Crippen MR) is 50.6 cm³/mol. The van der Waals surface area contributed by atoms with E-state index in [0.717, 1.165) is 30.7 Å². The van der Waals surface area contributed by atoms with Gasteiger partial charge in [-0.2, -0.15) is 0 Å². The Morgan fingerprint density at radius 2 is 2.38 bits per heavy atom. The molecule has 1 aliphatic heterocycles. The molecule has 68 valence electrons. The molecule has 0 aliphatic carbocycles. The van der Waals surface area contributed by atoms with Crippen LogP contribution in [0.1, 0.15) is 15.9 Å². The van der Waals surface area contributed by atoms with E-state index in [1.807, 2.05) is 6.07 Å². The number of anilines is 1. The Kier molecular flexibility index (Phi) is 1.93. The number of benzene rings is 1. The van der Waals surface area contributed by atoms with E-state index in [1.165, 1.54) is 5.56 Å². The van der Waals surface area contributed by atoms with E-state index in [4.69, 9.17) is 4.74 Å². The SMILES string of the molecule is COc1cc(C=O)c2c(c1)CCN2. The molecule has 0 atom stereocenters. The van der Waals surface area contributed by atoms with Gasteiger partial charge in [-0.05, 0) is 24.1 Å². The summed E-state index contributed by atoms with van der Waals surface area (Å²) in [5, 5.41) is 3.18. The lowest BCUT2D eigenvalue weighted by atomic mass is 10.1. The lowest BCUT2D eigenvalue weighted by Gasteiger charge is -2.06. The minimum Gasteiger partial charge on any atom is -0.497 e. The Morgan fingerprint density at radius 3 is 3.08 bits per heavy atom. The fraction of sp³-hybridized carbons (Fsp3) is 0.300. The number of carbonyl (C=O) groups excluding carboxylic acids is 1. The molecule has 0 radical (unpaired) electrons. The predicted octanol–water partition coefficient (Wildman–Crippen LogP) is 1.48. The van der Waals surface area contributed by atoms with Gasteiger partial charge in [-0.1, -0.05) is 0 Å². The summed E-state index contributed by atoms with van der Waals surface area (Å²) in [4.78, 5) is 10.7. The fourth-order valence-corrected chi connectivity index (χ4v) is 1.64. The van der Waals surface area contributed by atoms with Gasteiger partial charge in [0.15, 0.2) is 6.29 Å². The maximum atomic E-state index is 10.7. The first-order valence-electron chi connectivity index (χ1n) is 4.25. The summed E-state index contributed by atoms with van der Waals surface area (Å²) in [6.45, 7) is 0.906. The molecule has 1 aromatic rings. The van der Waals surface area contributed by atoms with E-state index in [-0.39, 0.29) is 0 Å². The molecule has 2 rings (SSSR count). The number of aldehydes is 1. The van der Waals surface area contributed by atoms with Crippen molar-refractivity contribution >= 4 is 12.0 Å². The van der Waals surface area contributed by atoms with E-state index in [9.17, 15) is 4.79 Å². The van der Waals surface area contributed by atoms with E-state index in [0.29, 0.717) is 5.56 Å². The van der Waals surface area contributed by atoms with Crippen LogP contribution in [-0.4, -0.2) is 19.9 Å². The Labute approximate surface area is 76.7 Å². The van der Waals surface area contributed by atoms with Crippen LogP contribution in [0.25, 0.3) is 0 Å². The lowest BCUT2D eigenvalue weighted by molar-refractivity contribution is 0.112. The van der Waals surface area contributed by atoms with Crippen molar-refractivity contribution in [1.29, 1.82) is 0 Å². The van der Waals surface area contributed by atoms with E-state index < -0.39 is 0 Å². The van der Waals surface area contributed by atoms with Gasteiger partial charge in [0.2, 0.25) is 0 Å². The van der Waals surface area contributed by atoms with E-state index >= 15 is 0 Å². The van der Waals surface area contributed by atoms with Gasteiger partial charge in [-0.3, -0.25) is 4.79 Å². The zero-order valence-corrected chi connectivity index (χ0v) is 7.46. The van der Waals surface area contributed by atoms with Gasteiger partial charge in [0.05, 0.1) is 7.11 Å². The van der Waals surface area contributed by atoms with Crippen LogP contribution in [0.5, 0.6) is 5.75 Å². The molecule has 1 heterocycles. The van der Waals surface area contributed by atoms with Crippen LogP contribution in [0.2, 0.25) is 0 Å². The number of ether oxygens (including phenoxy) is 1. The first-order valence-corrected chi connectivity index (χ1v) is 4.25. The van der Waals surface area contributed by atoms with Crippen molar-refractivity contribution in [3.8, 4) is 5.75 Å². The van der Waals surface area contributed by atoms with Crippen LogP contribution < -0.4 is 10.1 Å². The normalized spacial score (nSPS) is 13.3. The Balaban J connectivity index is 2.55. The van der Waals surface area contributed by atoms with Crippen molar-refractivity contribution < 1.29 is 9.53 Å². The van der Waals surface area contributed by atoms with Crippen LogP contribution in [0.15, 0.2) is 12.1 Å². The second-order valence-electron chi connectivity index (χ2n) is 3.05. The zero-order valence-electron chi connectivity index (χ0n) is 7.46. The smallest absolute Gasteiger partial charge is 0.152 e. The number of hydrogen-bond acceptors (Lipinski definition) is 3. The molecule has 0 bridgehead atoms. The van der Waals surface area contributed by atoms with Gasteiger partial charge < -0.3 is 10.1 Å². The van der Waals surface area contributed by atoms with E-state index in [2.05, 4.69) is 5.32 Å². The molecular formula is C10H11NO2. The minimum absolute atomic E-state index is 0.687. The number of rotatable bonds is 2. The second-order valence-corrected chi connectivity index (χ2v) is 3.05. The topological polar surface area (TPSA) is 38.3 Å². The average molecular weight is 177 g/mol. The largest absolute Gasteiger partial charge is 0.497 e. The highest BCUT2D eigenvalue weighted by Gasteiger charge is 2.15. The summed E-state index contributed by atoms with van der Waals surface area (Å²) in [6, 6.07) is 3.73. The molecule has 0 amide bonds. The van der Waals surface area contributed by atoms with Gasteiger partial charge in [0.25, 0.3) is 0 Å². The fourth-order valence-electron chi connectivity index (χ4n) is 1.64. The first-order chi connectivity index (χ1) is 6.35. The molecule has 0 saturated heterocycles. The van der Waals surface area contributed by atoms with Crippen LogP contribution in [0.3, 0.4) is 0 Å². The number of hydrogen-bond donors (Lipinski definition) is 1. The molecule has 1 aliphatic rings. The zero-order chi connectivity index (χ0) is 9.26. The number of methoxy groups -OCH3 is 1. The monoisotopic (exact) mass is 177 g/mol. The molecule has 0 unspecified atom stereocenters. The Bertz CT molecular complexity index is 347. The summed E-state index contributed by atoms with van der Waals surface area (Å²) >= 11 is 0. The van der Waals surface area contributed by atoms with Gasteiger partial charge in [-0.25, -0.2) is 0 Å². The summed E-state index contributed by atoms with van der Waals surface area (Å²) in [7, 11) is 1.61. The van der Waals surface area contributed by atoms with Gasteiger partial charge >= 0.3 is 0 Å². The highest BCUT2D eigenvalue weighted by atomic mass is 16.5. The average Bonchev–Trinajstić information content (AvgIpc) is 2.63. The van der Waals surface area contributed by atoms with Crippen molar-refractivity contribution in [2.24, 2.45) is 0 Å². The van der Waals surface area contributed by atoms with Crippen LogP contribution >= 0.6 is 0 Å². The second kappa shape index (κ2) is 3.09. The molecule has 1 aromatic carbocycles. The number of fused-ring (bicyclic) bond motifs is 1. The lowest BCUT2D eigenvalue weighted by Crippen LogP contribution is -1.95. The highest BCUT2D eigenvalue weighted by molar-refractivity contribution is 5.87. The van der Waals surface area contributed by atoms with Gasteiger partial charge in [0, 0.05) is 17.8 Å². The van der Waals surface area contributed by atoms with Gasteiger partial charge in [0.1, 0.15) is 5.75 Å². The maximum Gasteiger partial charge on any atom is 0.152 e. The third-order valence-corrected chi connectivity index (χ3v) is 2.28. The quantitative estimate of drug-likeness (QED) is 0.695. The van der Waals surface area contributed by atoms with Crippen molar-refractivity contribution in [2.45, 2.75) is 6.42 Å². The standard InChI is InChI=1S/C10H11NO2/c1-13-9-4-7-2-3-11-10(7)8(5-9)6-12/h4-6,11H,2-3H2,1H3. The summed E-state index contributed by atoms with van der Waals surface area (Å²) in [5.74, 6) is 0.754. The Morgan fingerprint density at radius 1 is 1.54 bits per heavy atom. The molecular weight excluding hydrogens is 166 g/mol. The van der Waals surface area contributed by atoms with E-state index in [1.54, 1.807) is 13.2 Å². The summed E-state index contributed by atoms with van der Waals surface area (Å²) in [5.41, 5.74) is 2.82. The van der Waals surface area contributed by atoms with Gasteiger partial charge in [-0.15, -0.1) is 0 Å². The van der Waals surface area contributed by atoms with Crippen LogP contribution in [0.4, 0.5) is 5.69 Å². The molecule has 3 nitrogen and oxygen atoms in total. The third kappa shape index (κ3) is 1.26. The first kappa shape index (κ1) is 8.10. The third-order valence-electron chi connectivity index (χ3n) is 2.28. The van der Waals surface area contributed by atoms with Crippen LogP contribution in [-0.2, 0) is 6.42 Å². The molecule has 0 fully saturated rings. The molecule has 0 spiro atoms. The summed E-state index contributed by atoms with van der Waals surface area (Å²) < 4.78 is 5.10. The highest BCUT2D eigenvalue weighted by Crippen LogP contribution is 2.30. The van der Waals surface area contributed by atoms with Crippen LogP contribution in [0, 0.1) is 0 Å². The summed E-state index contributed by atoms with van der Waals surface area (Å²) in [6.07, 6.45) is 1.83. The molecule has 0 saturated carbocycles. The molecule has 3 heteroatoms. The number of nitrogens with one attached hydrogen (secondary N) is 1.